The number of aliphatic hydroxyl groups is 1. The molecule has 2 fully saturated rings. The Morgan fingerprint density at radius 1 is 1.40 bits per heavy atom. The Morgan fingerprint density at radius 2 is 2.20 bits per heavy atom. The summed E-state index contributed by atoms with van der Waals surface area (Å²) in [7, 11) is 0. The summed E-state index contributed by atoms with van der Waals surface area (Å²) in [5.41, 5.74) is 5.34. The third kappa shape index (κ3) is 3.47. The smallest absolute Gasteiger partial charge is 0.251 e. The van der Waals surface area contributed by atoms with E-state index in [-0.39, 0.29) is 18.6 Å². The lowest BCUT2D eigenvalue weighted by atomic mass is 10.1. The number of hydrogen-bond acceptors (Lipinski definition) is 5. The van der Waals surface area contributed by atoms with Crippen molar-refractivity contribution >= 4 is 11.8 Å². The van der Waals surface area contributed by atoms with Gasteiger partial charge in [-0.1, -0.05) is 0 Å². The lowest BCUT2D eigenvalue weighted by Crippen LogP contribution is -2.51. The van der Waals surface area contributed by atoms with E-state index in [4.69, 9.17) is 10.5 Å². The molecule has 0 bridgehead atoms. The first kappa shape index (κ1) is 15.2. The van der Waals surface area contributed by atoms with Gasteiger partial charge >= 0.3 is 0 Å². The number of likely N-dealkylation sites (tertiary alicyclic amines) is 1. The standard InChI is InChI=1S/C13H23N3O4/c14-7-11(17)16-5-1-4-10(16)12(18)13(19)15-8-9-3-2-6-20-9/h9-10,12,18H,1-8,14H2,(H,15,19). The molecule has 0 saturated carbocycles. The highest BCUT2D eigenvalue weighted by Gasteiger charge is 2.36. The molecule has 3 atom stereocenters. The number of aliphatic hydroxyl groups excluding tert-OH is 1. The second-order valence-electron chi connectivity index (χ2n) is 5.33. The summed E-state index contributed by atoms with van der Waals surface area (Å²) in [6.07, 6.45) is 2.18. The summed E-state index contributed by atoms with van der Waals surface area (Å²) in [6.45, 7) is 1.59. The maximum Gasteiger partial charge on any atom is 0.251 e. The molecule has 2 heterocycles. The molecule has 0 aliphatic carbocycles. The molecule has 2 aliphatic rings. The third-order valence-electron chi connectivity index (χ3n) is 3.96. The highest BCUT2D eigenvalue weighted by atomic mass is 16.5. The third-order valence-corrected chi connectivity index (χ3v) is 3.96. The van der Waals surface area contributed by atoms with Crippen molar-refractivity contribution in [1.29, 1.82) is 0 Å². The molecule has 2 aliphatic heterocycles. The second kappa shape index (κ2) is 7.01. The van der Waals surface area contributed by atoms with Gasteiger partial charge in [0.1, 0.15) is 0 Å². The minimum Gasteiger partial charge on any atom is -0.381 e. The van der Waals surface area contributed by atoms with E-state index in [1.165, 1.54) is 4.90 Å². The van der Waals surface area contributed by atoms with Crippen molar-refractivity contribution in [3.8, 4) is 0 Å². The maximum absolute atomic E-state index is 12.0. The van der Waals surface area contributed by atoms with Crippen molar-refractivity contribution in [2.45, 2.75) is 43.9 Å². The van der Waals surface area contributed by atoms with Gasteiger partial charge in [-0.3, -0.25) is 9.59 Å². The molecule has 7 nitrogen and oxygen atoms in total. The minimum atomic E-state index is -1.20. The zero-order chi connectivity index (χ0) is 14.5. The quantitative estimate of drug-likeness (QED) is 0.576. The van der Waals surface area contributed by atoms with Crippen molar-refractivity contribution in [2.75, 3.05) is 26.2 Å². The van der Waals surface area contributed by atoms with Gasteiger partial charge < -0.3 is 25.8 Å². The summed E-state index contributed by atoms with van der Waals surface area (Å²) in [6, 6.07) is -0.462. The Balaban J connectivity index is 1.83. The molecule has 0 aromatic carbocycles. The van der Waals surface area contributed by atoms with Crippen LogP contribution in [0.25, 0.3) is 0 Å². The Hall–Kier alpha value is -1.18. The zero-order valence-corrected chi connectivity index (χ0v) is 11.6. The van der Waals surface area contributed by atoms with Gasteiger partial charge in [0.25, 0.3) is 5.91 Å². The van der Waals surface area contributed by atoms with E-state index in [0.29, 0.717) is 19.5 Å². The minimum absolute atomic E-state index is 0.0384. The molecule has 20 heavy (non-hydrogen) atoms. The summed E-state index contributed by atoms with van der Waals surface area (Å²) >= 11 is 0. The predicted octanol–water partition coefficient (Wildman–Crippen LogP) is -1.41. The van der Waals surface area contributed by atoms with Crippen LogP contribution in [0.3, 0.4) is 0 Å². The average molecular weight is 285 g/mol. The van der Waals surface area contributed by atoms with Gasteiger partial charge in [-0.05, 0) is 25.7 Å². The van der Waals surface area contributed by atoms with Crippen LogP contribution in [0, 0.1) is 0 Å². The molecule has 114 valence electrons. The Kier molecular flexibility index (Phi) is 5.33. The lowest BCUT2D eigenvalue weighted by Gasteiger charge is -2.28. The first-order chi connectivity index (χ1) is 9.63. The molecule has 7 heteroatoms. The summed E-state index contributed by atoms with van der Waals surface area (Å²) in [5, 5.41) is 12.8. The van der Waals surface area contributed by atoms with E-state index < -0.39 is 18.1 Å². The summed E-state index contributed by atoms with van der Waals surface area (Å²) in [4.78, 5) is 25.1. The number of rotatable bonds is 5. The van der Waals surface area contributed by atoms with Gasteiger partial charge in [-0.2, -0.15) is 0 Å². The van der Waals surface area contributed by atoms with E-state index in [1.54, 1.807) is 0 Å². The summed E-state index contributed by atoms with van der Waals surface area (Å²) in [5.74, 6) is -0.666. The fourth-order valence-electron chi connectivity index (χ4n) is 2.85. The fraction of sp³-hybridized carbons (Fsp3) is 0.846. The van der Waals surface area contributed by atoms with Crippen LogP contribution in [0.15, 0.2) is 0 Å². The Bertz CT molecular complexity index is 358. The van der Waals surface area contributed by atoms with Crippen LogP contribution in [0.2, 0.25) is 0 Å². The van der Waals surface area contributed by atoms with Gasteiger partial charge in [-0.25, -0.2) is 0 Å². The molecule has 4 N–H and O–H groups in total. The number of amides is 2. The Labute approximate surface area is 118 Å². The summed E-state index contributed by atoms with van der Waals surface area (Å²) < 4.78 is 5.41. The van der Waals surface area contributed by atoms with Gasteiger partial charge in [0.05, 0.1) is 18.7 Å². The van der Waals surface area contributed by atoms with Crippen LogP contribution in [0.5, 0.6) is 0 Å². The number of nitrogens with zero attached hydrogens (tertiary/aromatic N) is 1. The Morgan fingerprint density at radius 3 is 2.85 bits per heavy atom. The first-order valence-electron chi connectivity index (χ1n) is 7.20. The number of ether oxygens (including phenoxy) is 1. The van der Waals surface area contributed by atoms with E-state index in [2.05, 4.69) is 5.32 Å². The molecule has 2 rings (SSSR count). The number of nitrogens with one attached hydrogen (secondary N) is 1. The van der Waals surface area contributed by atoms with Crippen LogP contribution in [0.1, 0.15) is 25.7 Å². The largest absolute Gasteiger partial charge is 0.381 e. The fourth-order valence-corrected chi connectivity index (χ4v) is 2.85. The topological polar surface area (TPSA) is 105 Å². The van der Waals surface area contributed by atoms with Crippen molar-refractivity contribution in [3.05, 3.63) is 0 Å². The number of carbonyl (C=O) groups is 2. The van der Waals surface area contributed by atoms with Crippen molar-refractivity contribution in [3.63, 3.8) is 0 Å². The van der Waals surface area contributed by atoms with Crippen LogP contribution in [0.4, 0.5) is 0 Å². The normalized spacial score (nSPS) is 27.6. The molecule has 0 spiro atoms. The van der Waals surface area contributed by atoms with Crippen molar-refractivity contribution < 1.29 is 19.4 Å². The molecule has 0 radical (unpaired) electrons. The number of hydrogen-bond donors (Lipinski definition) is 3. The van der Waals surface area contributed by atoms with Crippen LogP contribution in [-0.2, 0) is 14.3 Å². The lowest BCUT2D eigenvalue weighted by molar-refractivity contribution is -0.138. The molecular formula is C13H23N3O4. The van der Waals surface area contributed by atoms with Gasteiger partial charge in [0.15, 0.2) is 6.10 Å². The molecule has 2 amide bonds. The van der Waals surface area contributed by atoms with E-state index in [1.807, 2.05) is 0 Å². The highest BCUT2D eigenvalue weighted by Crippen LogP contribution is 2.20. The molecule has 0 aromatic rings. The van der Waals surface area contributed by atoms with Gasteiger partial charge in [0.2, 0.25) is 5.91 Å². The molecule has 3 unspecified atom stereocenters. The van der Waals surface area contributed by atoms with Crippen molar-refractivity contribution in [2.24, 2.45) is 5.73 Å². The average Bonchev–Trinajstić information content (AvgIpc) is 3.13. The van der Waals surface area contributed by atoms with Crippen LogP contribution in [-0.4, -0.2) is 66.3 Å². The first-order valence-corrected chi connectivity index (χ1v) is 7.20. The monoisotopic (exact) mass is 285 g/mol. The zero-order valence-electron chi connectivity index (χ0n) is 11.6. The number of carbonyl (C=O) groups excluding carboxylic acids is 2. The van der Waals surface area contributed by atoms with Gasteiger partial charge in [0, 0.05) is 19.7 Å². The second-order valence-corrected chi connectivity index (χ2v) is 5.33. The molecule has 0 aromatic heterocycles. The van der Waals surface area contributed by atoms with Crippen LogP contribution >= 0.6 is 0 Å². The molecular weight excluding hydrogens is 262 g/mol. The van der Waals surface area contributed by atoms with E-state index in [9.17, 15) is 14.7 Å². The van der Waals surface area contributed by atoms with E-state index >= 15 is 0 Å². The number of nitrogens with two attached hydrogens (primary N) is 1. The van der Waals surface area contributed by atoms with Crippen molar-refractivity contribution in [1.82, 2.24) is 10.2 Å². The predicted molar refractivity (Wildman–Crippen MR) is 71.8 cm³/mol. The maximum atomic E-state index is 12.0. The van der Waals surface area contributed by atoms with Crippen LogP contribution < -0.4 is 11.1 Å². The highest BCUT2D eigenvalue weighted by molar-refractivity contribution is 5.84. The van der Waals surface area contributed by atoms with Gasteiger partial charge in [-0.15, -0.1) is 0 Å². The SMILES string of the molecule is NCC(=O)N1CCCC1C(O)C(=O)NCC1CCCO1. The molecule has 2 saturated heterocycles. The van der Waals surface area contributed by atoms with E-state index in [0.717, 1.165) is 25.9 Å².